The highest BCUT2D eigenvalue weighted by atomic mass is 19.1. The fourth-order valence-electron chi connectivity index (χ4n) is 2.35. The Morgan fingerprint density at radius 1 is 1.32 bits per heavy atom. The van der Waals surface area contributed by atoms with Gasteiger partial charge in [0.1, 0.15) is 5.82 Å². The van der Waals surface area contributed by atoms with Crippen LogP contribution in [0.2, 0.25) is 0 Å². The molecule has 1 aromatic rings. The summed E-state index contributed by atoms with van der Waals surface area (Å²) in [5.41, 5.74) is 1.90. The molecule has 2 nitrogen and oxygen atoms in total. The molecular weight excluding hydrogens is 239 g/mol. The van der Waals surface area contributed by atoms with Crippen LogP contribution in [0.3, 0.4) is 0 Å². The van der Waals surface area contributed by atoms with E-state index in [0.717, 1.165) is 25.2 Å². The summed E-state index contributed by atoms with van der Waals surface area (Å²) in [4.78, 5) is 2.31. The second kappa shape index (κ2) is 7.61. The van der Waals surface area contributed by atoms with E-state index in [-0.39, 0.29) is 5.82 Å². The lowest BCUT2D eigenvalue weighted by atomic mass is 9.95. The van der Waals surface area contributed by atoms with Gasteiger partial charge in [0.05, 0.1) is 0 Å². The molecule has 0 radical (unpaired) electrons. The lowest BCUT2D eigenvalue weighted by Gasteiger charge is -2.27. The van der Waals surface area contributed by atoms with Crippen molar-refractivity contribution in [3.63, 3.8) is 0 Å². The molecule has 3 heteroatoms. The molecule has 0 bridgehead atoms. The molecule has 108 valence electrons. The van der Waals surface area contributed by atoms with Crippen molar-refractivity contribution in [2.24, 2.45) is 11.8 Å². The van der Waals surface area contributed by atoms with Gasteiger partial charge in [0.2, 0.25) is 0 Å². The topological polar surface area (TPSA) is 15.3 Å². The summed E-state index contributed by atoms with van der Waals surface area (Å²) in [6, 6.07) is 5.38. The number of hydrogen-bond acceptors (Lipinski definition) is 2. The predicted octanol–water partition coefficient (Wildman–Crippen LogP) is 3.06. The van der Waals surface area contributed by atoms with Crippen molar-refractivity contribution in [3.05, 3.63) is 35.1 Å². The molecule has 0 fully saturated rings. The smallest absolute Gasteiger partial charge is 0.126 e. The average Bonchev–Trinajstić information content (AvgIpc) is 2.33. The van der Waals surface area contributed by atoms with E-state index >= 15 is 0 Å². The molecule has 0 aromatic heterocycles. The third kappa shape index (κ3) is 5.29. The average molecular weight is 266 g/mol. The van der Waals surface area contributed by atoms with Gasteiger partial charge in [-0.2, -0.15) is 0 Å². The Hall–Kier alpha value is -0.930. The minimum Gasteiger partial charge on any atom is -0.319 e. The van der Waals surface area contributed by atoms with E-state index in [2.05, 4.69) is 31.1 Å². The van der Waals surface area contributed by atoms with Gasteiger partial charge in [-0.25, -0.2) is 4.39 Å². The number of aryl methyl sites for hydroxylation is 1. The second-order valence-electron chi connectivity index (χ2n) is 5.84. The van der Waals surface area contributed by atoms with Crippen LogP contribution < -0.4 is 5.32 Å². The van der Waals surface area contributed by atoms with E-state index in [1.807, 2.05) is 26.1 Å². The van der Waals surface area contributed by atoms with E-state index in [0.29, 0.717) is 11.8 Å². The summed E-state index contributed by atoms with van der Waals surface area (Å²) < 4.78 is 13.2. The molecule has 0 saturated carbocycles. The molecule has 1 rings (SSSR count). The lowest BCUT2D eigenvalue weighted by molar-refractivity contribution is 0.227. The first-order valence-corrected chi connectivity index (χ1v) is 7.02. The summed E-state index contributed by atoms with van der Waals surface area (Å²) in [6.45, 7) is 9.29. The Morgan fingerprint density at radius 2 is 2.00 bits per heavy atom. The number of halogens is 1. The van der Waals surface area contributed by atoms with Gasteiger partial charge in [-0.1, -0.05) is 26.0 Å². The van der Waals surface area contributed by atoms with Gasteiger partial charge in [-0.05, 0) is 56.6 Å². The molecule has 1 atom stereocenters. The van der Waals surface area contributed by atoms with E-state index in [1.54, 1.807) is 6.07 Å². The van der Waals surface area contributed by atoms with Crippen molar-refractivity contribution in [3.8, 4) is 0 Å². The van der Waals surface area contributed by atoms with Gasteiger partial charge in [0, 0.05) is 13.1 Å². The van der Waals surface area contributed by atoms with Crippen LogP contribution >= 0.6 is 0 Å². The molecule has 0 aliphatic rings. The SMILES string of the molecule is CNCC(CN(C)Cc1ccc(F)c(C)c1)C(C)C. The Kier molecular flexibility index (Phi) is 6.46. The minimum atomic E-state index is -0.123. The molecular formula is C16H27FN2. The fourth-order valence-corrected chi connectivity index (χ4v) is 2.35. The summed E-state index contributed by atoms with van der Waals surface area (Å²) in [5.74, 6) is 1.17. The lowest BCUT2D eigenvalue weighted by Crippen LogP contribution is -2.34. The fraction of sp³-hybridized carbons (Fsp3) is 0.625. The highest BCUT2D eigenvalue weighted by molar-refractivity contribution is 5.23. The first-order valence-electron chi connectivity index (χ1n) is 7.02. The van der Waals surface area contributed by atoms with Crippen LogP contribution in [0.1, 0.15) is 25.0 Å². The maximum absolute atomic E-state index is 13.2. The summed E-state index contributed by atoms with van der Waals surface area (Å²) in [7, 11) is 4.13. The Balaban J connectivity index is 2.58. The number of rotatable bonds is 7. The van der Waals surface area contributed by atoms with E-state index in [1.165, 1.54) is 5.56 Å². The normalized spacial score (nSPS) is 13.3. The first-order chi connectivity index (χ1) is 8.93. The third-order valence-electron chi connectivity index (χ3n) is 3.63. The Bertz CT molecular complexity index is 390. The molecule has 1 aromatic carbocycles. The monoisotopic (exact) mass is 266 g/mol. The van der Waals surface area contributed by atoms with Crippen LogP contribution in [0.25, 0.3) is 0 Å². The van der Waals surface area contributed by atoms with Gasteiger partial charge >= 0.3 is 0 Å². The minimum absolute atomic E-state index is 0.123. The van der Waals surface area contributed by atoms with Gasteiger partial charge in [0.25, 0.3) is 0 Å². The quantitative estimate of drug-likeness (QED) is 0.816. The number of benzene rings is 1. The molecule has 1 unspecified atom stereocenters. The Morgan fingerprint density at radius 3 is 2.53 bits per heavy atom. The standard InChI is InChI=1S/C16H27FN2/c1-12(2)15(9-18-4)11-19(5)10-14-6-7-16(17)13(3)8-14/h6-8,12,15,18H,9-11H2,1-5H3. The van der Waals surface area contributed by atoms with Crippen LogP contribution in [0, 0.1) is 24.6 Å². The molecule has 0 spiro atoms. The predicted molar refractivity (Wildman–Crippen MR) is 79.7 cm³/mol. The van der Waals surface area contributed by atoms with E-state index in [4.69, 9.17) is 0 Å². The van der Waals surface area contributed by atoms with Gasteiger partial charge in [0.15, 0.2) is 0 Å². The van der Waals surface area contributed by atoms with Crippen LogP contribution in [0.5, 0.6) is 0 Å². The maximum Gasteiger partial charge on any atom is 0.126 e. The number of hydrogen-bond donors (Lipinski definition) is 1. The van der Waals surface area contributed by atoms with Gasteiger partial charge in [-0.3, -0.25) is 0 Å². The molecule has 0 amide bonds. The van der Waals surface area contributed by atoms with Crippen LogP contribution in [-0.2, 0) is 6.54 Å². The zero-order valence-corrected chi connectivity index (χ0v) is 12.8. The van der Waals surface area contributed by atoms with Crippen LogP contribution in [0.4, 0.5) is 4.39 Å². The summed E-state index contributed by atoms with van der Waals surface area (Å²) in [6.07, 6.45) is 0. The van der Waals surface area contributed by atoms with Crippen molar-refractivity contribution in [2.45, 2.75) is 27.3 Å². The highest BCUT2D eigenvalue weighted by Crippen LogP contribution is 2.14. The Labute approximate surface area is 117 Å². The highest BCUT2D eigenvalue weighted by Gasteiger charge is 2.15. The molecule has 0 heterocycles. The zero-order chi connectivity index (χ0) is 14.4. The largest absolute Gasteiger partial charge is 0.319 e. The molecule has 19 heavy (non-hydrogen) atoms. The van der Waals surface area contributed by atoms with Crippen molar-refractivity contribution in [1.82, 2.24) is 10.2 Å². The zero-order valence-electron chi connectivity index (χ0n) is 12.8. The molecule has 0 saturated heterocycles. The summed E-state index contributed by atoms with van der Waals surface area (Å²) >= 11 is 0. The second-order valence-corrected chi connectivity index (χ2v) is 5.84. The van der Waals surface area contributed by atoms with E-state index in [9.17, 15) is 4.39 Å². The van der Waals surface area contributed by atoms with Crippen molar-refractivity contribution in [1.29, 1.82) is 0 Å². The maximum atomic E-state index is 13.2. The number of nitrogens with zero attached hydrogens (tertiary/aromatic N) is 1. The third-order valence-corrected chi connectivity index (χ3v) is 3.63. The van der Waals surface area contributed by atoms with E-state index < -0.39 is 0 Å². The van der Waals surface area contributed by atoms with Gasteiger partial charge < -0.3 is 10.2 Å². The van der Waals surface area contributed by atoms with Crippen LogP contribution in [-0.4, -0.2) is 32.1 Å². The van der Waals surface area contributed by atoms with Crippen molar-refractivity contribution in [2.75, 3.05) is 27.2 Å². The van der Waals surface area contributed by atoms with Crippen molar-refractivity contribution < 1.29 is 4.39 Å². The first kappa shape index (κ1) is 16.1. The van der Waals surface area contributed by atoms with Gasteiger partial charge in [-0.15, -0.1) is 0 Å². The number of nitrogens with one attached hydrogen (secondary N) is 1. The molecule has 0 aliphatic heterocycles. The molecule has 0 aliphatic carbocycles. The summed E-state index contributed by atoms with van der Waals surface area (Å²) in [5, 5.41) is 3.26. The van der Waals surface area contributed by atoms with Crippen LogP contribution in [0.15, 0.2) is 18.2 Å². The molecule has 1 N–H and O–H groups in total. The van der Waals surface area contributed by atoms with Crippen molar-refractivity contribution >= 4 is 0 Å².